The second-order valence-corrected chi connectivity index (χ2v) is 8.24. The number of amides is 1. The van der Waals surface area contributed by atoms with Crippen LogP contribution in [0.2, 0.25) is 5.02 Å². The van der Waals surface area contributed by atoms with Crippen molar-refractivity contribution in [1.82, 2.24) is 15.3 Å². The second-order valence-electron chi connectivity index (χ2n) is 7.42. The molecular weight excluding hydrogens is 456 g/mol. The summed E-state index contributed by atoms with van der Waals surface area (Å²) in [4.78, 5) is 21.6. The molecule has 0 saturated heterocycles. The van der Waals surface area contributed by atoms with Gasteiger partial charge in [0.15, 0.2) is 16.3 Å². The lowest BCUT2D eigenvalue weighted by Crippen LogP contribution is -2.34. The van der Waals surface area contributed by atoms with Crippen LogP contribution in [0.5, 0.6) is 0 Å². The first-order valence-corrected chi connectivity index (χ1v) is 10.9. The molecule has 0 unspecified atom stereocenters. The maximum atomic E-state index is 12.9. The van der Waals surface area contributed by atoms with E-state index in [4.69, 9.17) is 28.2 Å². The fraction of sp³-hybridized carbons (Fsp3) is 0.0400. The first-order chi connectivity index (χ1) is 16.0. The van der Waals surface area contributed by atoms with Crippen LogP contribution in [-0.4, -0.2) is 21.0 Å². The van der Waals surface area contributed by atoms with Gasteiger partial charge >= 0.3 is 0 Å². The van der Waals surface area contributed by atoms with Crippen LogP contribution in [0.4, 0.5) is 5.69 Å². The lowest BCUT2D eigenvalue weighted by molar-refractivity contribution is 0.0979. The lowest BCUT2D eigenvalue weighted by atomic mass is 10.0. The molecule has 0 atom stereocenters. The normalized spacial score (nSPS) is 11.0. The first-order valence-electron chi connectivity index (χ1n) is 10.1. The van der Waals surface area contributed by atoms with E-state index in [9.17, 15) is 4.79 Å². The van der Waals surface area contributed by atoms with Gasteiger partial charge in [0.1, 0.15) is 0 Å². The number of carbonyl (C=O) groups is 1. The Morgan fingerprint density at radius 3 is 2.70 bits per heavy atom. The Morgan fingerprint density at radius 2 is 1.85 bits per heavy atom. The molecule has 0 radical (unpaired) electrons. The monoisotopic (exact) mass is 472 g/mol. The summed E-state index contributed by atoms with van der Waals surface area (Å²) in [5.74, 6) is 0.133. The predicted molar refractivity (Wildman–Crippen MR) is 135 cm³/mol. The number of hydrogen-bond acceptors (Lipinski definition) is 5. The number of pyridine rings is 1. The van der Waals surface area contributed by atoms with E-state index in [0.717, 1.165) is 27.6 Å². The highest BCUT2D eigenvalue weighted by atomic mass is 35.5. The van der Waals surface area contributed by atoms with Crippen LogP contribution < -0.4 is 10.6 Å². The van der Waals surface area contributed by atoms with Crippen molar-refractivity contribution in [3.05, 3.63) is 89.1 Å². The summed E-state index contributed by atoms with van der Waals surface area (Å²) in [7, 11) is 0. The Bertz CT molecular complexity index is 1510. The minimum Gasteiger partial charge on any atom is -0.434 e. The molecule has 1 amide bonds. The summed E-state index contributed by atoms with van der Waals surface area (Å²) < 4.78 is 5.81. The zero-order chi connectivity index (χ0) is 22.9. The zero-order valence-corrected chi connectivity index (χ0v) is 19.0. The number of fused-ring (bicyclic) bond motifs is 2. The van der Waals surface area contributed by atoms with Crippen molar-refractivity contribution in [2.75, 3.05) is 5.32 Å². The van der Waals surface area contributed by atoms with Crippen LogP contribution >= 0.6 is 23.8 Å². The van der Waals surface area contributed by atoms with E-state index in [2.05, 4.69) is 20.6 Å². The molecule has 0 spiro atoms. The van der Waals surface area contributed by atoms with Gasteiger partial charge in [-0.1, -0.05) is 41.9 Å². The third-order valence-electron chi connectivity index (χ3n) is 5.24. The highest BCUT2D eigenvalue weighted by Crippen LogP contribution is 2.28. The number of rotatable bonds is 3. The molecule has 0 bridgehead atoms. The smallest absolute Gasteiger partial charge is 0.258 e. The SMILES string of the molecule is Cc1ccc(-c2nc3ncccc3o2)cc1NC(=S)NC(=O)c1cccc2c(Cl)cccc12. The second kappa shape index (κ2) is 8.61. The van der Waals surface area contributed by atoms with Gasteiger partial charge < -0.3 is 9.73 Å². The molecule has 6 nitrogen and oxygen atoms in total. The van der Waals surface area contributed by atoms with Crippen molar-refractivity contribution in [3.63, 3.8) is 0 Å². The Morgan fingerprint density at radius 1 is 1.03 bits per heavy atom. The average molecular weight is 473 g/mol. The van der Waals surface area contributed by atoms with Crippen LogP contribution in [-0.2, 0) is 0 Å². The molecule has 0 saturated carbocycles. The van der Waals surface area contributed by atoms with Crippen LogP contribution in [0.1, 0.15) is 15.9 Å². The largest absolute Gasteiger partial charge is 0.434 e. The summed E-state index contributed by atoms with van der Waals surface area (Å²) in [5.41, 5.74) is 4.08. The van der Waals surface area contributed by atoms with Crippen LogP contribution in [0.15, 0.2) is 77.3 Å². The van der Waals surface area contributed by atoms with Gasteiger partial charge in [-0.3, -0.25) is 10.1 Å². The summed E-state index contributed by atoms with van der Waals surface area (Å²) in [6.45, 7) is 1.94. The van der Waals surface area contributed by atoms with Gasteiger partial charge in [-0.25, -0.2) is 4.98 Å². The number of hydrogen-bond donors (Lipinski definition) is 2. The minimum absolute atomic E-state index is 0.179. The van der Waals surface area contributed by atoms with Gasteiger partial charge in [-0.2, -0.15) is 4.98 Å². The number of halogens is 1. The number of aryl methyl sites for hydroxylation is 1. The summed E-state index contributed by atoms with van der Waals surface area (Å²) in [6.07, 6.45) is 1.67. The number of nitrogens with one attached hydrogen (secondary N) is 2. The Kier molecular flexibility index (Phi) is 5.50. The van der Waals surface area contributed by atoms with Crippen molar-refractivity contribution < 1.29 is 9.21 Å². The summed E-state index contributed by atoms with van der Waals surface area (Å²) >= 11 is 11.7. The minimum atomic E-state index is -0.320. The maximum absolute atomic E-state index is 12.9. The number of carbonyl (C=O) groups excluding carboxylic acids is 1. The van der Waals surface area contributed by atoms with Crippen molar-refractivity contribution in [1.29, 1.82) is 0 Å². The van der Waals surface area contributed by atoms with E-state index in [0.29, 0.717) is 27.7 Å². The quantitative estimate of drug-likeness (QED) is 0.307. The number of thiocarbonyl (C=S) groups is 1. The molecule has 2 aromatic heterocycles. The number of aromatic nitrogens is 2. The van der Waals surface area contributed by atoms with Crippen LogP contribution in [0.3, 0.4) is 0 Å². The van der Waals surface area contributed by atoms with E-state index in [1.54, 1.807) is 30.5 Å². The molecule has 0 aliphatic rings. The van der Waals surface area contributed by atoms with Crippen molar-refractivity contribution in [2.45, 2.75) is 6.92 Å². The summed E-state index contributed by atoms with van der Waals surface area (Å²) in [6, 6.07) is 20.2. The molecule has 8 heteroatoms. The third-order valence-corrected chi connectivity index (χ3v) is 5.77. The van der Waals surface area contributed by atoms with Crippen LogP contribution in [0, 0.1) is 6.92 Å². The predicted octanol–water partition coefficient (Wildman–Crippen LogP) is 6.13. The molecular formula is C25H17ClN4O2S. The standard InChI is InChI=1S/C25H17ClN4O2S/c1-14-10-11-15(24-29-22-21(32-24)9-4-12-27-22)13-20(14)28-25(33)30-23(31)18-7-2-6-17-16(18)5-3-8-19(17)26/h2-13H,1H3,(H2,28,30,31,33). The molecule has 33 heavy (non-hydrogen) atoms. The van der Waals surface area contributed by atoms with Gasteiger partial charge in [0, 0.05) is 33.4 Å². The molecule has 5 rings (SSSR count). The molecule has 0 aliphatic heterocycles. The van der Waals surface area contributed by atoms with E-state index in [-0.39, 0.29) is 11.0 Å². The summed E-state index contributed by atoms with van der Waals surface area (Å²) in [5, 5.41) is 8.19. The van der Waals surface area contributed by atoms with Gasteiger partial charge in [-0.05, 0) is 66.5 Å². The number of oxazole rings is 1. The molecule has 5 aromatic rings. The van der Waals surface area contributed by atoms with Crippen LogP contribution in [0.25, 0.3) is 33.5 Å². The van der Waals surface area contributed by atoms with Crippen molar-refractivity contribution >= 4 is 62.5 Å². The Hall–Kier alpha value is -3.81. The topological polar surface area (TPSA) is 80.1 Å². The maximum Gasteiger partial charge on any atom is 0.258 e. The number of anilines is 1. The number of nitrogens with zero attached hydrogens (tertiary/aromatic N) is 2. The highest BCUT2D eigenvalue weighted by molar-refractivity contribution is 7.80. The van der Waals surface area contributed by atoms with Gasteiger partial charge in [0.2, 0.25) is 5.89 Å². The molecule has 0 fully saturated rings. The number of benzene rings is 3. The third kappa shape index (κ3) is 4.16. The molecule has 3 aromatic carbocycles. The molecule has 0 aliphatic carbocycles. The molecule has 2 heterocycles. The average Bonchev–Trinajstić information content (AvgIpc) is 3.25. The fourth-order valence-corrected chi connectivity index (χ4v) is 4.02. The molecule has 162 valence electrons. The van der Waals surface area contributed by atoms with Crippen molar-refractivity contribution in [2.24, 2.45) is 0 Å². The lowest BCUT2D eigenvalue weighted by Gasteiger charge is -2.13. The van der Waals surface area contributed by atoms with Gasteiger partial charge in [0.25, 0.3) is 5.91 Å². The Balaban J connectivity index is 1.37. The Labute approximate surface area is 199 Å². The van der Waals surface area contributed by atoms with Gasteiger partial charge in [0.05, 0.1) is 0 Å². The van der Waals surface area contributed by atoms with E-state index in [1.165, 1.54) is 0 Å². The van der Waals surface area contributed by atoms with Crippen molar-refractivity contribution in [3.8, 4) is 11.5 Å². The molecule has 2 N–H and O–H groups in total. The highest BCUT2D eigenvalue weighted by Gasteiger charge is 2.14. The van der Waals surface area contributed by atoms with Gasteiger partial charge in [-0.15, -0.1) is 0 Å². The van der Waals surface area contributed by atoms with E-state index in [1.807, 2.05) is 49.4 Å². The van der Waals surface area contributed by atoms with E-state index < -0.39 is 0 Å². The first kappa shape index (κ1) is 21.1. The van der Waals surface area contributed by atoms with E-state index >= 15 is 0 Å². The fourth-order valence-electron chi connectivity index (χ4n) is 3.58. The zero-order valence-electron chi connectivity index (χ0n) is 17.4.